The van der Waals surface area contributed by atoms with Crippen LogP contribution >= 0.6 is 90.7 Å². The lowest BCUT2D eigenvalue weighted by molar-refractivity contribution is 0.304. The highest BCUT2D eigenvalue weighted by Gasteiger charge is 2.30. The van der Waals surface area contributed by atoms with Gasteiger partial charge in [0.05, 0.1) is 35.7 Å². The molecule has 0 saturated heterocycles. The lowest BCUT2D eigenvalue weighted by atomic mass is 9.99. The second-order valence-electron chi connectivity index (χ2n) is 25.2. The second kappa shape index (κ2) is 33.1. The molecule has 0 atom stereocenters. The fourth-order valence-corrected chi connectivity index (χ4v) is 21.6. The van der Waals surface area contributed by atoms with E-state index in [9.17, 15) is 0 Å². The van der Waals surface area contributed by atoms with Crippen molar-refractivity contribution >= 4 is 122 Å². The van der Waals surface area contributed by atoms with E-state index < -0.39 is 11.6 Å². The standard InChI is InChI=1S/C82H84F2N2O2S8/c1-5-9-13-17-19-23-46-87-55-30-25-28-53(50-55)77-78(54-29-26-31-56(51-54)88-47-24-20-18-14-10-6-2)86-80-74(76(84)75(83)73(79(80)85-77)68-43-41-62(94-68)61-34-27-48-89-61)69-44-42-64(95-69)63-39-40-65(93-63)70-52-60-72(67-38-36-58(92-67)33-22-16-12-8-4)81-59(45-49-90-81)71(82(60)96-70)66-37-35-57(91-66)32-21-15-11-7-3/h25-31,34-45,48-52H,5-24,32-33,46-47H2,1-4H3. The van der Waals surface area contributed by atoms with Gasteiger partial charge in [-0.05, 0) is 152 Å². The molecule has 0 amide bonds. The number of thiophene rings is 8. The van der Waals surface area contributed by atoms with Gasteiger partial charge in [-0.2, -0.15) is 0 Å². The zero-order chi connectivity index (χ0) is 65.7. The molecule has 0 fully saturated rings. The van der Waals surface area contributed by atoms with Crippen molar-refractivity contribution in [3.63, 3.8) is 0 Å². The monoisotopic (exact) mass is 1420 g/mol. The Kier molecular flexibility index (Phi) is 23.6. The molecule has 9 heterocycles. The largest absolute Gasteiger partial charge is 0.494 e. The van der Waals surface area contributed by atoms with Crippen LogP contribution in [-0.4, -0.2) is 23.2 Å². The van der Waals surface area contributed by atoms with Gasteiger partial charge in [0.25, 0.3) is 0 Å². The number of hydrogen-bond donors (Lipinski definition) is 0. The summed E-state index contributed by atoms with van der Waals surface area (Å²) in [5.74, 6) is -0.447. The molecule has 0 aliphatic heterocycles. The van der Waals surface area contributed by atoms with Gasteiger partial charge in [-0.1, -0.05) is 161 Å². The lowest BCUT2D eigenvalue weighted by Crippen LogP contribution is -2.03. The van der Waals surface area contributed by atoms with Crippen LogP contribution in [-0.2, 0) is 12.8 Å². The summed E-state index contributed by atoms with van der Waals surface area (Å²) in [7, 11) is 0. The number of benzene rings is 4. The van der Waals surface area contributed by atoms with Gasteiger partial charge in [-0.25, -0.2) is 18.7 Å². The SMILES string of the molecule is CCCCCCCCOc1cccc(-c2nc3c(-c4ccc(-c5cccs5)s4)c(F)c(F)c(-c4ccc(-c5ccc(-c6cc7c(-c8ccc(CCCCCC)s8)c8sccc8c(-c8ccc(CCCCCC)s8)c7s6)s5)s4)c3nc2-c2cccc(OCCCCCCCC)c2)c1. The van der Waals surface area contributed by atoms with Crippen LogP contribution in [0.2, 0.25) is 0 Å². The van der Waals surface area contributed by atoms with Gasteiger partial charge >= 0.3 is 0 Å². The maximum Gasteiger partial charge on any atom is 0.170 e. The van der Waals surface area contributed by atoms with Gasteiger partial charge in [0.1, 0.15) is 22.5 Å². The number of fused-ring (bicyclic) bond motifs is 3. The third-order valence-electron chi connectivity index (χ3n) is 18.1. The van der Waals surface area contributed by atoms with E-state index in [4.69, 9.17) is 19.4 Å². The third-order valence-corrected chi connectivity index (χ3v) is 27.2. The fraction of sp³-hybridized carbons (Fsp3) is 0.341. The summed E-state index contributed by atoms with van der Waals surface area (Å²) in [4.78, 5) is 24.3. The van der Waals surface area contributed by atoms with Crippen LogP contribution in [0.3, 0.4) is 0 Å². The number of halogens is 2. The van der Waals surface area contributed by atoms with Crippen molar-refractivity contribution in [1.82, 2.24) is 9.97 Å². The van der Waals surface area contributed by atoms with Gasteiger partial charge in [-0.3, -0.25) is 0 Å². The van der Waals surface area contributed by atoms with Crippen LogP contribution in [0.15, 0.2) is 144 Å². The highest BCUT2D eigenvalue weighted by atomic mass is 32.1. The molecule has 0 N–H and O–H groups in total. The molecule has 14 heteroatoms. The molecule has 13 rings (SSSR count). The van der Waals surface area contributed by atoms with Crippen molar-refractivity contribution < 1.29 is 18.3 Å². The van der Waals surface area contributed by atoms with Crippen LogP contribution < -0.4 is 9.47 Å². The minimum absolute atomic E-state index is 0.0982. The zero-order valence-corrected chi connectivity index (χ0v) is 62.1. The molecular formula is C82H84F2N2O2S8. The number of nitrogens with zero attached hydrogens (tertiary/aromatic N) is 2. The normalized spacial score (nSPS) is 11.8. The summed E-state index contributed by atoms with van der Waals surface area (Å²) in [6, 6.07) is 46.7. The summed E-state index contributed by atoms with van der Waals surface area (Å²) in [5, 5.41) is 6.97. The summed E-state index contributed by atoms with van der Waals surface area (Å²) < 4.78 is 51.6. The van der Waals surface area contributed by atoms with Crippen molar-refractivity contribution in [3.05, 3.63) is 166 Å². The molecule has 0 unspecified atom stereocenters. The van der Waals surface area contributed by atoms with E-state index in [1.54, 1.807) is 22.7 Å². The Morgan fingerprint density at radius 1 is 0.333 bits per heavy atom. The van der Waals surface area contributed by atoms with Crippen molar-refractivity contribution in [1.29, 1.82) is 0 Å². The maximum atomic E-state index is 18.1. The average Bonchev–Trinajstić information content (AvgIpc) is 1.41. The zero-order valence-electron chi connectivity index (χ0n) is 55.6. The average molecular weight is 1420 g/mol. The molecule has 0 aliphatic carbocycles. The fourth-order valence-electron chi connectivity index (χ4n) is 13.0. The van der Waals surface area contributed by atoms with E-state index >= 15 is 8.78 Å². The van der Waals surface area contributed by atoms with Gasteiger partial charge < -0.3 is 9.47 Å². The van der Waals surface area contributed by atoms with Crippen LogP contribution in [0.4, 0.5) is 8.78 Å². The number of unbranched alkanes of at least 4 members (excludes halogenated alkanes) is 16. The predicted molar refractivity (Wildman–Crippen MR) is 420 cm³/mol. The molecule has 9 aromatic heterocycles. The van der Waals surface area contributed by atoms with E-state index in [1.807, 2.05) is 124 Å². The lowest BCUT2D eigenvalue weighted by Gasteiger charge is -2.17. The van der Waals surface area contributed by atoms with Crippen LogP contribution in [0, 0.1) is 11.6 Å². The molecule has 0 bridgehead atoms. The summed E-state index contributed by atoms with van der Waals surface area (Å²) in [5.41, 5.74) is 6.10. The van der Waals surface area contributed by atoms with Crippen LogP contribution in [0.1, 0.15) is 166 Å². The molecule has 0 spiro atoms. The molecule has 96 heavy (non-hydrogen) atoms. The Balaban J connectivity index is 0.907. The first-order valence-electron chi connectivity index (χ1n) is 35.0. The van der Waals surface area contributed by atoms with E-state index in [-0.39, 0.29) is 11.1 Å². The van der Waals surface area contributed by atoms with E-state index in [0.29, 0.717) is 45.4 Å². The first kappa shape index (κ1) is 68.3. The minimum atomic E-state index is -0.946. The van der Waals surface area contributed by atoms with Gasteiger partial charge in [0.15, 0.2) is 11.6 Å². The maximum absolute atomic E-state index is 18.1. The molecule has 4 aromatic carbocycles. The van der Waals surface area contributed by atoms with Crippen molar-refractivity contribution in [3.8, 4) is 105 Å². The highest BCUT2D eigenvalue weighted by Crippen LogP contribution is 2.55. The Labute approximate surface area is 597 Å². The number of hydrogen-bond acceptors (Lipinski definition) is 12. The third kappa shape index (κ3) is 15.6. The topological polar surface area (TPSA) is 44.2 Å². The van der Waals surface area contributed by atoms with Crippen molar-refractivity contribution in [2.45, 2.75) is 169 Å². The smallest absolute Gasteiger partial charge is 0.170 e. The Morgan fingerprint density at radius 3 is 1.28 bits per heavy atom. The number of ether oxygens (including phenoxy) is 2. The van der Waals surface area contributed by atoms with Gasteiger partial charge in [0, 0.05) is 101 Å². The molecule has 496 valence electrons. The molecule has 0 aliphatic rings. The first-order valence-corrected chi connectivity index (χ1v) is 41.6. The summed E-state index contributed by atoms with van der Waals surface area (Å²) in [6.45, 7) is 10.2. The predicted octanol–water partition coefficient (Wildman–Crippen LogP) is 29.4. The van der Waals surface area contributed by atoms with Crippen LogP contribution in [0.25, 0.3) is 125 Å². The number of rotatable bonds is 35. The number of aromatic nitrogens is 2. The molecule has 0 radical (unpaired) electrons. The number of aryl methyl sites for hydroxylation is 2. The molecular weight excluding hydrogens is 1340 g/mol. The Hall–Kier alpha value is -6.20. The van der Waals surface area contributed by atoms with Crippen molar-refractivity contribution in [2.24, 2.45) is 0 Å². The Morgan fingerprint density at radius 2 is 0.771 bits per heavy atom. The second-order valence-corrected chi connectivity index (χ2v) is 33.7. The minimum Gasteiger partial charge on any atom is -0.494 e. The van der Waals surface area contributed by atoms with Gasteiger partial charge in [-0.15, -0.1) is 90.7 Å². The quantitative estimate of drug-likeness (QED) is 0.0371. The Bertz CT molecular complexity index is 4580. The van der Waals surface area contributed by atoms with E-state index in [1.165, 1.54) is 186 Å². The van der Waals surface area contributed by atoms with Crippen molar-refractivity contribution in [2.75, 3.05) is 13.2 Å². The highest BCUT2D eigenvalue weighted by molar-refractivity contribution is 7.30. The first-order chi connectivity index (χ1) is 47.3. The summed E-state index contributed by atoms with van der Waals surface area (Å²) >= 11 is 14.0. The molecule has 4 nitrogen and oxygen atoms in total. The van der Waals surface area contributed by atoms with E-state index in [2.05, 4.69) is 93.7 Å². The van der Waals surface area contributed by atoms with Crippen LogP contribution in [0.5, 0.6) is 11.5 Å². The van der Waals surface area contributed by atoms with Gasteiger partial charge in [0.2, 0.25) is 0 Å². The summed E-state index contributed by atoms with van der Waals surface area (Å²) in [6.07, 6.45) is 26.2. The molecule has 0 saturated carbocycles. The van der Waals surface area contributed by atoms with E-state index in [0.717, 1.165) is 80.7 Å². The molecule has 13 aromatic rings.